The van der Waals surface area contributed by atoms with E-state index >= 15 is 0 Å². The summed E-state index contributed by atoms with van der Waals surface area (Å²) in [5, 5.41) is 8.10. The van der Waals surface area contributed by atoms with Crippen molar-refractivity contribution in [2.75, 3.05) is 45.2 Å². The molecule has 14 heteroatoms. The van der Waals surface area contributed by atoms with Gasteiger partial charge in [0.05, 0.1) is 19.6 Å². The second kappa shape index (κ2) is 15.1. The van der Waals surface area contributed by atoms with E-state index in [1.807, 2.05) is 6.07 Å². The minimum atomic E-state index is -2.80. The summed E-state index contributed by atoms with van der Waals surface area (Å²) in [6, 6.07) is 6.00. The molecule has 1 saturated heterocycles. The number of hydrogen-bond acceptors (Lipinski definition) is 10. The minimum absolute atomic E-state index is 0. The maximum atomic E-state index is 13.2. The largest absolute Gasteiger partial charge is 2.00 e. The molecule has 1 aliphatic heterocycles. The van der Waals surface area contributed by atoms with Crippen molar-refractivity contribution in [2.24, 2.45) is 5.92 Å². The zero-order valence-corrected chi connectivity index (χ0v) is 25.6. The van der Waals surface area contributed by atoms with Gasteiger partial charge in [-0.3, -0.25) is 19.4 Å². The maximum absolute atomic E-state index is 13.2. The van der Waals surface area contributed by atoms with Crippen LogP contribution in [0, 0.1) is 23.3 Å². The zero-order chi connectivity index (χ0) is 30.3. The molecule has 2 aliphatic rings. The molecule has 4 aromatic rings. The van der Waals surface area contributed by atoms with Gasteiger partial charge >= 0.3 is 16.5 Å². The SMILES string of the molecule is C(#CC1CC1)c1nn[c-]s1.COc1cnc(C(F)F)cc1-c1cc(-n2ccc(N3CCN(C)CC3)cc2=O)ncc1[C-]=O.[Ni+2]. The number of aromatic nitrogens is 5. The molecule has 0 amide bonds. The van der Waals surface area contributed by atoms with Crippen molar-refractivity contribution in [1.29, 1.82) is 0 Å². The van der Waals surface area contributed by atoms with E-state index < -0.39 is 12.1 Å². The molecule has 0 N–H and O–H groups in total. The van der Waals surface area contributed by atoms with Crippen molar-refractivity contribution in [2.45, 2.75) is 19.3 Å². The van der Waals surface area contributed by atoms with Gasteiger partial charge in [-0.05, 0) is 37.6 Å². The number of anilines is 1. The third-order valence-corrected chi connectivity index (χ3v) is 7.47. The van der Waals surface area contributed by atoms with Crippen LogP contribution in [0.1, 0.15) is 35.5 Å². The van der Waals surface area contributed by atoms with Crippen LogP contribution in [-0.2, 0) is 21.3 Å². The number of likely N-dealkylation sites (N-methyl/N-ethyl adjacent to an activating group) is 1. The average Bonchev–Trinajstić information content (AvgIpc) is 3.71. The van der Waals surface area contributed by atoms with Crippen molar-refractivity contribution in [3.63, 3.8) is 0 Å². The summed E-state index contributed by atoms with van der Waals surface area (Å²) < 4.78 is 33.1. The van der Waals surface area contributed by atoms with Gasteiger partial charge in [-0.15, -0.1) is 23.0 Å². The first-order valence-electron chi connectivity index (χ1n) is 13.4. The fourth-order valence-electron chi connectivity index (χ4n) is 4.34. The van der Waals surface area contributed by atoms with Gasteiger partial charge < -0.3 is 35.7 Å². The molecular formula is C30H27F2N7NiO3S. The molecule has 0 bridgehead atoms. The third-order valence-electron chi connectivity index (χ3n) is 6.92. The smallest absolute Gasteiger partial charge is 0.496 e. The molecule has 10 nitrogen and oxygen atoms in total. The maximum Gasteiger partial charge on any atom is 2.00 e. The molecule has 2 fully saturated rings. The Morgan fingerprint density at radius 3 is 2.50 bits per heavy atom. The van der Waals surface area contributed by atoms with Gasteiger partial charge in [-0.2, -0.15) is 0 Å². The number of ether oxygens (including phenoxy) is 1. The van der Waals surface area contributed by atoms with Gasteiger partial charge in [0.1, 0.15) is 17.3 Å². The van der Waals surface area contributed by atoms with E-state index in [1.54, 1.807) is 12.5 Å². The fourth-order valence-corrected chi connectivity index (χ4v) is 4.70. The predicted molar refractivity (Wildman–Crippen MR) is 157 cm³/mol. The molecule has 44 heavy (non-hydrogen) atoms. The Bertz CT molecular complexity index is 1700. The van der Waals surface area contributed by atoms with Crippen LogP contribution in [0.5, 0.6) is 5.75 Å². The number of carbonyl (C=O) groups excluding carboxylic acids is 1. The standard InChI is InChI=1S/C23H22F2N5O3.C7H5N2S.Ni/c1-28-5-7-29(8-6-28)16-3-4-30(22(32)9-16)21-11-17(15(14-31)12-27-21)18-10-19(23(24)25)26-13-20(18)33-2;1-2-6(1)3-4-7-9-8-5-10-7;/h3-4,9-13,23H,5-8H2,1-2H3;6H,1-2H2;/q2*-1;+2. The van der Waals surface area contributed by atoms with Crippen molar-refractivity contribution in [3.8, 4) is 34.5 Å². The molecule has 0 spiro atoms. The summed E-state index contributed by atoms with van der Waals surface area (Å²) >= 11 is 1.37. The van der Waals surface area contributed by atoms with E-state index in [0.29, 0.717) is 5.92 Å². The Morgan fingerprint density at radius 1 is 1.11 bits per heavy atom. The molecule has 0 unspecified atom stereocenters. The van der Waals surface area contributed by atoms with Crippen molar-refractivity contribution < 1.29 is 34.8 Å². The molecule has 230 valence electrons. The summed E-state index contributed by atoms with van der Waals surface area (Å²) in [4.78, 5) is 36.7. The predicted octanol–water partition coefficient (Wildman–Crippen LogP) is 3.55. The molecule has 4 aromatic heterocycles. The quantitative estimate of drug-likeness (QED) is 0.174. The number of alkyl halides is 2. The van der Waals surface area contributed by atoms with Crippen molar-refractivity contribution >= 4 is 23.3 Å². The van der Waals surface area contributed by atoms with E-state index in [1.165, 1.54) is 60.4 Å². The molecule has 0 atom stereocenters. The Labute approximate surface area is 267 Å². The molecule has 5 heterocycles. The number of hydrogen-bond donors (Lipinski definition) is 0. The first-order valence-corrected chi connectivity index (χ1v) is 14.3. The van der Waals surface area contributed by atoms with E-state index in [0.717, 1.165) is 42.9 Å². The van der Waals surface area contributed by atoms with Crippen LogP contribution in [0.2, 0.25) is 0 Å². The topological polar surface area (TPSA) is 106 Å². The van der Waals surface area contributed by atoms with E-state index in [4.69, 9.17) is 4.74 Å². The Kier molecular flexibility index (Phi) is 11.3. The average molecular weight is 662 g/mol. The van der Waals surface area contributed by atoms with E-state index in [9.17, 15) is 18.4 Å². The number of rotatable bonds is 6. The van der Waals surface area contributed by atoms with Gasteiger partial charge in [0.15, 0.2) is 0 Å². The van der Waals surface area contributed by atoms with E-state index in [-0.39, 0.29) is 50.3 Å². The number of piperazine rings is 1. The second-order valence-electron chi connectivity index (χ2n) is 9.93. The summed E-state index contributed by atoms with van der Waals surface area (Å²) in [7, 11) is 3.43. The summed E-state index contributed by atoms with van der Waals surface area (Å²) in [5.74, 6) is 7.12. The molecule has 1 saturated carbocycles. The van der Waals surface area contributed by atoms with Crippen LogP contribution in [0.4, 0.5) is 14.5 Å². The molecule has 1 aliphatic carbocycles. The van der Waals surface area contributed by atoms with Crippen LogP contribution in [0.15, 0.2) is 47.7 Å². The first kappa shape index (κ1) is 32.9. The Balaban J connectivity index is 0.000000338. The molecule has 0 radical (unpaired) electrons. The van der Waals surface area contributed by atoms with Crippen LogP contribution >= 0.6 is 11.3 Å². The zero-order valence-electron chi connectivity index (χ0n) is 23.8. The third kappa shape index (κ3) is 8.11. The van der Waals surface area contributed by atoms with Crippen LogP contribution in [-0.4, -0.2) is 76.3 Å². The van der Waals surface area contributed by atoms with Crippen LogP contribution in [0.25, 0.3) is 16.9 Å². The fraction of sp³-hybridized carbons (Fsp3) is 0.333. The Hall–Kier alpha value is -4.05. The number of nitrogens with zero attached hydrogens (tertiary/aromatic N) is 7. The monoisotopic (exact) mass is 661 g/mol. The summed E-state index contributed by atoms with van der Waals surface area (Å²) in [6.07, 6.45) is 5.52. The second-order valence-corrected chi connectivity index (χ2v) is 10.7. The van der Waals surface area contributed by atoms with Gasteiger partial charge in [0.25, 0.3) is 12.0 Å². The normalized spacial score (nSPS) is 14.5. The van der Waals surface area contributed by atoms with Gasteiger partial charge in [-0.1, -0.05) is 17.8 Å². The van der Waals surface area contributed by atoms with Gasteiger partial charge in [0.2, 0.25) is 0 Å². The van der Waals surface area contributed by atoms with Gasteiger partial charge in [0, 0.05) is 55.1 Å². The summed E-state index contributed by atoms with van der Waals surface area (Å²) in [6.45, 7) is 3.46. The van der Waals surface area contributed by atoms with Crippen molar-refractivity contribution in [3.05, 3.63) is 75.0 Å². The first-order chi connectivity index (χ1) is 20.9. The molecular weight excluding hydrogens is 635 g/mol. The van der Waals surface area contributed by atoms with Crippen LogP contribution < -0.4 is 15.2 Å². The minimum Gasteiger partial charge on any atom is -0.496 e. The molecule has 0 aromatic carbocycles. The molecule has 6 rings (SSSR count). The number of methoxy groups -OCH3 is 1. The Morgan fingerprint density at radius 2 is 1.89 bits per heavy atom. The van der Waals surface area contributed by atoms with Gasteiger partial charge in [-0.25, -0.2) is 13.9 Å². The van der Waals surface area contributed by atoms with Crippen LogP contribution in [0.3, 0.4) is 0 Å². The van der Waals surface area contributed by atoms with Crippen molar-refractivity contribution in [1.82, 2.24) is 29.6 Å². The number of halogens is 2. The summed E-state index contributed by atoms with van der Waals surface area (Å²) in [5.41, 5.74) is 3.24. The number of pyridine rings is 3. The van der Waals surface area contributed by atoms with E-state index in [2.05, 4.69) is 54.4 Å².